The van der Waals surface area contributed by atoms with Gasteiger partial charge in [-0.05, 0) is 80.5 Å². The number of likely N-dealkylation sites (N-methyl/N-ethyl adjacent to an activating group) is 1. The first-order valence-electron chi connectivity index (χ1n) is 14.0. The molecule has 0 aliphatic rings. The number of benzene rings is 3. The standard InChI is InChI=1S/C33H29F6N5/c1-44(19-6-9-22-7-3-2-4-8-22)20-17-29-42-28-21-23(30-27(33(37,38)39)10-5-18-40-30)11-16-26(28)31(43-29)41-25-14-12-24(13-15-25)32(34,35)36/h2-5,7-8,10-16,18,21H,6,9,17,19-20H2,1H3,(H,41,42,43). The highest BCUT2D eigenvalue weighted by Crippen LogP contribution is 2.37. The molecule has 5 rings (SSSR count). The molecule has 0 fully saturated rings. The highest BCUT2D eigenvalue weighted by molar-refractivity contribution is 5.93. The molecule has 0 atom stereocenters. The number of anilines is 2. The highest BCUT2D eigenvalue weighted by atomic mass is 19.4. The molecule has 228 valence electrons. The Labute approximate surface area is 250 Å². The van der Waals surface area contributed by atoms with Crippen molar-refractivity contribution >= 4 is 22.4 Å². The summed E-state index contributed by atoms with van der Waals surface area (Å²) < 4.78 is 80.4. The zero-order valence-electron chi connectivity index (χ0n) is 23.8. The van der Waals surface area contributed by atoms with E-state index in [0.717, 1.165) is 37.6 Å². The molecule has 5 aromatic rings. The Kier molecular flexibility index (Phi) is 9.14. The van der Waals surface area contributed by atoms with Gasteiger partial charge in [0.25, 0.3) is 0 Å². The fourth-order valence-electron chi connectivity index (χ4n) is 4.88. The predicted octanol–water partition coefficient (Wildman–Crippen LogP) is 8.58. The van der Waals surface area contributed by atoms with Gasteiger partial charge < -0.3 is 10.2 Å². The van der Waals surface area contributed by atoms with E-state index in [1.54, 1.807) is 6.07 Å². The first kappa shape index (κ1) is 30.9. The van der Waals surface area contributed by atoms with Gasteiger partial charge in [-0.2, -0.15) is 26.3 Å². The molecule has 0 amide bonds. The Morgan fingerprint density at radius 3 is 2.20 bits per heavy atom. The molecule has 2 aromatic heterocycles. The maximum atomic E-state index is 13.7. The van der Waals surface area contributed by atoms with Gasteiger partial charge in [0.05, 0.1) is 22.3 Å². The van der Waals surface area contributed by atoms with Crippen LogP contribution in [0, 0.1) is 0 Å². The number of halogens is 6. The summed E-state index contributed by atoms with van der Waals surface area (Å²) in [5.74, 6) is 0.774. The molecule has 5 nitrogen and oxygen atoms in total. The van der Waals surface area contributed by atoms with Gasteiger partial charge in [0.15, 0.2) is 0 Å². The van der Waals surface area contributed by atoms with Gasteiger partial charge in [-0.25, -0.2) is 9.97 Å². The van der Waals surface area contributed by atoms with Crippen LogP contribution in [0.4, 0.5) is 37.8 Å². The molecule has 0 saturated heterocycles. The van der Waals surface area contributed by atoms with Crippen molar-refractivity contribution < 1.29 is 26.3 Å². The van der Waals surface area contributed by atoms with E-state index in [1.807, 2.05) is 25.2 Å². The average Bonchev–Trinajstić information content (AvgIpc) is 3.00. The number of hydrogen-bond donors (Lipinski definition) is 1. The van der Waals surface area contributed by atoms with E-state index < -0.39 is 23.5 Å². The molecule has 11 heteroatoms. The number of aryl methyl sites for hydroxylation is 1. The molecule has 0 bridgehead atoms. The van der Waals surface area contributed by atoms with Crippen molar-refractivity contribution in [3.8, 4) is 11.3 Å². The first-order chi connectivity index (χ1) is 21.0. The van der Waals surface area contributed by atoms with Crippen LogP contribution in [0.5, 0.6) is 0 Å². The quantitative estimate of drug-likeness (QED) is 0.161. The van der Waals surface area contributed by atoms with Crippen molar-refractivity contribution in [1.82, 2.24) is 19.9 Å². The van der Waals surface area contributed by atoms with Crippen LogP contribution in [-0.4, -0.2) is 40.0 Å². The van der Waals surface area contributed by atoms with Gasteiger partial charge in [0, 0.05) is 35.8 Å². The Morgan fingerprint density at radius 1 is 0.750 bits per heavy atom. The van der Waals surface area contributed by atoms with Crippen LogP contribution in [-0.2, 0) is 25.2 Å². The summed E-state index contributed by atoms with van der Waals surface area (Å²) in [6.07, 6.45) is -5.44. The third-order valence-electron chi connectivity index (χ3n) is 7.17. The number of alkyl halides is 6. The number of hydrogen-bond acceptors (Lipinski definition) is 5. The highest BCUT2D eigenvalue weighted by Gasteiger charge is 2.34. The van der Waals surface area contributed by atoms with E-state index in [2.05, 4.69) is 37.3 Å². The summed E-state index contributed by atoms with van der Waals surface area (Å²) in [5, 5.41) is 3.57. The van der Waals surface area contributed by atoms with E-state index in [1.165, 1.54) is 42.1 Å². The lowest BCUT2D eigenvalue weighted by Gasteiger charge is -2.17. The third kappa shape index (κ3) is 7.71. The summed E-state index contributed by atoms with van der Waals surface area (Å²) >= 11 is 0. The molecule has 0 radical (unpaired) electrons. The number of nitrogens with zero attached hydrogens (tertiary/aromatic N) is 4. The fourth-order valence-corrected chi connectivity index (χ4v) is 4.88. The summed E-state index contributed by atoms with van der Waals surface area (Å²) in [4.78, 5) is 15.5. The summed E-state index contributed by atoms with van der Waals surface area (Å²) in [7, 11) is 1.99. The van der Waals surface area contributed by atoms with Crippen molar-refractivity contribution in [1.29, 1.82) is 0 Å². The summed E-state index contributed by atoms with van der Waals surface area (Å²) in [6, 6.07) is 21.5. The molecule has 0 aliphatic heterocycles. The monoisotopic (exact) mass is 609 g/mol. The fraction of sp³-hybridized carbons (Fsp3) is 0.242. The van der Waals surface area contributed by atoms with Gasteiger partial charge in [-0.3, -0.25) is 4.98 Å². The van der Waals surface area contributed by atoms with Crippen LogP contribution < -0.4 is 5.32 Å². The maximum absolute atomic E-state index is 13.7. The van der Waals surface area contributed by atoms with Crippen molar-refractivity contribution in [2.24, 2.45) is 0 Å². The van der Waals surface area contributed by atoms with Crippen LogP contribution in [0.25, 0.3) is 22.2 Å². The van der Waals surface area contributed by atoms with Crippen LogP contribution >= 0.6 is 0 Å². The van der Waals surface area contributed by atoms with Gasteiger partial charge in [0.2, 0.25) is 0 Å². The van der Waals surface area contributed by atoms with E-state index in [4.69, 9.17) is 0 Å². The van der Waals surface area contributed by atoms with Crippen molar-refractivity contribution in [3.63, 3.8) is 0 Å². The lowest BCUT2D eigenvalue weighted by atomic mass is 10.0. The number of pyridine rings is 1. The molecule has 44 heavy (non-hydrogen) atoms. The van der Waals surface area contributed by atoms with Crippen LogP contribution in [0.3, 0.4) is 0 Å². The minimum atomic E-state index is -4.60. The second kappa shape index (κ2) is 13.0. The zero-order valence-corrected chi connectivity index (χ0v) is 23.8. The van der Waals surface area contributed by atoms with Crippen LogP contribution in [0.1, 0.15) is 28.9 Å². The molecule has 0 spiro atoms. The van der Waals surface area contributed by atoms with Gasteiger partial charge in [-0.1, -0.05) is 36.4 Å². The van der Waals surface area contributed by atoms with E-state index in [9.17, 15) is 26.3 Å². The Morgan fingerprint density at radius 2 is 1.50 bits per heavy atom. The first-order valence-corrected chi connectivity index (χ1v) is 14.0. The molecule has 3 aromatic carbocycles. The zero-order chi connectivity index (χ0) is 31.3. The summed E-state index contributed by atoms with van der Waals surface area (Å²) in [6.45, 7) is 1.46. The van der Waals surface area contributed by atoms with Crippen LogP contribution in [0.2, 0.25) is 0 Å². The number of fused-ring (bicyclic) bond motifs is 1. The molecule has 2 heterocycles. The average molecular weight is 610 g/mol. The van der Waals surface area contributed by atoms with E-state index in [-0.39, 0.29) is 11.3 Å². The van der Waals surface area contributed by atoms with Crippen molar-refractivity contribution in [2.75, 3.05) is 25.5 Å². The Hall–Kier alpha value is -4.51. The van der Waals surface area contributed by atoms with Crippen molar-refractivity contribution in [2.45, 2.75) is 31.6 Å². The smallest absolute Gasteiger partial charge is 0.340 e. The number of rotatable bonds is 10. The molecule has 0 unspecified atom stereocenters. The minimum absolute atomic E-state index is 0.225. The number of aromatic nitrogens is 3. The van der Waals surface area contributed by atoms with Crippen molar-refractivity contribution in [3.05, 3.63) is 114 Å². The lowest BCUT2D eigenvalue weighted by molar-refractivity contribution is -0.138. The Balaban J connectivity index is 1.43. The van der Waals surface area contributed by atoms with E-state index >= 15 is 0 Å². The second-order valence-corrected chi connectivity index (χ2v) is 10.5. The largest absolute Gasteiger partial charge is 0.418 e. The second-order valence-electron chi connectivity index (χ2n) is 10.5. The van der Waals surface area contributed by atoms with Gasteiger partial charge in [0.1, 0.15) is 11.6 Å². The minimum Gasteiger partial charge on any atom is -0.340 e. The molecule has 1 N–H and O–H groups in total. The van der Waals surface area contributed by atoms with Gasteiger partial charge >= 0.3 is 12.4 Å². The molecular weight excluding hydrogens is 580 g/mol. The third-order valence-corrected chi connectivity index (χ3v) is 7.17. The molecule has 0 saturated carbocycles. The molecular formula is C33H29F6N5. The maximum Gasteiger partial charge on any atom is 0.418 e. The molecule has 0 aliphatic carbocycles. The van der Waals surface area contributed by atoms with E-state index in [0.29, 0.717) is 41.2 Å². The normalized spacial score (nSPS) is 12.2. The number of nitrogens with one attached hydrogen (secondary N) is 1. The Bertz CT molecular complexity index is 1700. The predicted molar refractivity (Wildman–Crippen MR) is 158 cm³/mol. The summed E-state index contributed by atoms with van der Waals surface area (Å²) in [5.41, 5.74) is 0.365. The lowest BCUT2D eigenvalue weighted by Crippen LogP contribution is -2.23. The SMILES string of the molecule is CN(CCCc1ccccc1)CCc1nc(Nc2ccc(C(F)(F)F)cc2)c2ccc(-c3ncccc3C(F)(F)F)cc2n1. The topological polar surface area (TPSA) is 53.9 Å². The van der Waals surface area contributed by atoms with Gasteiger partial charge in [-0.15, -0.1) is 0 Å². The van der Waals surface area contributed by atoms with Crippen LogP contribution in [0.15, 0.2) is 91.1 Å².